The van der Waals surface area contributed by atoms with Crippen LogP contribution in [0.15, 0.2) is 72.8 Å². The van der Waals surface area contributed by atoms with E-state index in [0.29, 0.717) is 29.2 Å². The fourth-order valence-corrected chi connectivity index (χ4v) is 3.76. The summed E-state index contributed by atoms with van der Waals surface area (Å²) in [6.07, 6.45) is 0.125. The van der Waals surface area contributed by atoms with Gasteiger partial charge in [0.15, 0.2) is 0 Å². The molecule has 1 heterocycles. The predicted molar refractivity (Wildman–Crippen MR) is 128 cm³/mol. The summed E-state index contributed by atoms with van der Waals surface area (Å²) in [6.45, 7) is 2.28. The monoisotopic (exact) mass is 443 g/mol. The van der Waals surface area contributed by atoms with Crippen molar-refractivity contribution >= 4 is 34.8 Å². The summed E-state index contributed by atoms with van der Waals surface area (Å²) in [4.78, 5) is 40.0. The Kier molecular flexibility index (Phi) is 6.40. The lowest BCUT2D eigenvalue weighted by molar-refractivity contribution is -0.122. The maximum atomic E-state index is 13.0. The van der Waals surface area contributed by atoms with Crippen molar-refractivity contribution in [3.8, 4) is 5.75 Å². The van der Waals surface area contributed by atoms with Crippen molar-refractivity contribution in [3.63, 3.8) is 0 Å². The van der Waals surface area contributed by atoms with Crippen LogP contribution in [0.3, 0.4) is 0 Å². The van der Waals surface area contributed by atoms with Crippen molar-refractivity contribution in [2.75, 3.05) is 29.2 Å². The molecule has 7 heteroatoms. The summed E-state index contributed by atoms with van der Waals surface area (Å²) >= 11 is 0. The largest absolute Gasteiger partial charge is 0.497 e. The molecular weight excluding hydrogens is 418 g/mol. The summed E-state index contributed by atoms with van der Waals surface area (Å²) in [5, 5.41) is 5.67. The molecule has 0 aromatic heterocycles. The van der Waals surface area contributed by atoms with E-state index < -0.39 is 5.92 Å². The predicted octanol–water partition coefficient (Wildman–Crippen LogP) is 4.25. The van der Waals surface area contributed by atoms with Crippen molar-refractivity contribution < 1.29 is 19.1 Å². The molecular formula is C26H25N3O4. The Balaban J connectivity index is 1.45. The molecule has 1 atom stereocenters. The van der Waals surface area contributed by atoms with Gasteiger partial charge in [-0.1, -0.05) is 29.8 Å². The van der Waals surface area contributed by atoms with Gasteiger partial charge in [-0.05, 0) is 55.5 Å². The first-order valence-corrected chi connectivity index (χ1v) is 10.7. The van der Waals surface area contributed by atoms with Crippen LogP contribution in [0.1, 0.15) is 22.3 Å². The number of aryl methyl sites for hydroxylation is 1. The smallest absolute Gasteiger partial charge is 0.257 e. The van der Waals surface area contributed by atoms with Gasteiger partial charge in [0.1, 0.15) is 5.75 Å². The molecule has 1 fully saturated rings. The zero-order valence-electron chi connectivity index (χ0n) is 18.5. The van der Waals surface area contributed by atoms with E-state index in [1.54, 1.807) is 60.5 Å². The Hall–Kier alpha value is -4.13. The highest BCUT2D eigenvalue weighted by Crippen LogP contribution is 2.27. The van der Waals surface area contributed by atoms with Crippen LogP contribution in [0, 0.1) is 12.8 Å². The first-order chi connectivity index (χ1) is 15.9. The number of amides is 3. The van der Waals surface area contributed by atoms with Gasteiger partial charge in [0.05, 0.1) is 24.3 Å². The number of carbonyl (C=O) groups excluding carboxylic acids is 3. The molecule has 0 bridgehead atoms. The van der Waals surface area contributed by atoms with Crippen molar-refractivity contribution in [2.24, 2.45) is 5.92 Å². The molecule has 1 saturated heterocycles. The number of hydrogen-bond acceptors (Lipinski definition) is 4. The fraction of sp³-hybridized carbons (Fsp3) is 0.192. The second-order valence-electron chi connectivity index (χ2n) is 7.96. The number of carbonyl (C=O) groups is 3. The van der Waals surface area contributed by atoms with Gasteiger partial charge in [0, 0.05) is 24.3 Å². The number of anilines is 3. The number of ether oxygens (including phenoxy) is 1. The zero-order chi connectivity index (χ0) is 23.4. The topological polar surface area (TPSA) is 87.7 Å². The Bertz CT molecular complexity index is 1170. The molecule has 2 N–H and O–H groups in total. The number of nitrogens with one attached hydrogen (secondary N) is 2. The van der Waals surface area contributed by atoms with Crippen LogP contribution in [0.4, 0.5) is 17.1 Å². The van der Waals surface area contributed by atoms with Gasteiger partial charge in [-0.25, -0.2) is 0 Å². The van der Waals surface area contributed by atoms with Crippen molar-refractivity contribution in [3.05, 3.63) is 83.9 Å². The van der Waals surface area contributed by atoms with Crippen LogP contribution in [0.25, 0.3) is 0 Å². The summed E-state index contributed by atoms with van der Waals surface area (Å²) in [5.41, 5.74) is 3.22. The maximum Gasteiger partial charge on any atom is 0.257 e. The third-order valence-electron chi connectivity index (χ3n) is 5.62. The Morgan fingerprint density at radius 3 is 2.33 bits per heavy atom. The third kappa shape index (κ3) is 5.03. The average molecular weight is 444 g/mol. The summed E-state index contributed by atoms with van der Waals surface area (Å²) in [5.74, 6) is -0.546. The van der Waals surface area contributed by atoms with Crippen LogP contribution < -0.4 is 20.3 Å². The highest BCUT2D eigenvalue weighted by atomic mass is 16.5. The lowest BCUT2D eigenvalue weighted by Crippen LogP contribution is -2.28. The quantitative estimate of drug-likeness (QED) is 0.596. The standard InChI is InChI=1S/C26H25N3O4/c1-17-7-11-20(12-8-17)29-16-18(15-24(29)30)25(31)28-23-6-4-3-5-22(23)26(32)27-19-9-13-21(33-2)14-10-19/h3-14,18H,15-16H2,1-2H3,(H,27,32)(H,28,31). The van der Waals surface area contributed by atoms with E-state index in [2.05, 4.69) is 10.6 Å². The summed E-state index contributed by atoms with van der Waals surface area (Å²) in [6, 6.07) is 21.4. The molecule has 33 heavy (non-hydrogen) atoms. The minimum Gasteiger partial charge on any atom is -0.497 e. The molecule has 0 aliphatic carbocycles. The van der Waals surface area contributed by atoms with Crippen molar-refractivity contribution in [1.82, 2.24) is 0 Å². The zero-order valence-corrected chi connectivity index (χ0v) is 18.5. The number of nitrogens with zero attached hydrogens (tertiary/aromatic N) is 1. The minimum absolute atomic E-state index is 0.0930. The summed E-state index contributed by atoms with van der Waals surface area (Å²) in [7, 11) is 1.57. The average Bonchev–Trinajstić information content (AvgIpc) is 3.22. The van der Waals surface area contributed by atoms with Gasteiger partial charge < -0.3 is 20.3 Å². The van der Waals surface area contributed by atoms with E-state index >= 15 is 0 Å². The number of para-hydroxylation sites is 1. The fourth-order valence-electron chi connectivity index (χ4n) is 3.76. The minimum atomic E-state index is -0.503. The molecule has 3 aromatic rings. The van der Waals surface area contributed by atoms with Gasteiger partial charge in [-0.2, -0.15) is 0 Å². The van der Waals surface area contributed by atoms with E-state index in [1.165, 1.54) is 0 Å². The van der Waals surface area contributed by atoms with E-state index in [-0.39, 0.29) is 24.1 Å². The molecule has 0 radical (unpaired) electrons. The van der Waals surface area contributed by atoms with Crippen LogP contribution in [0.5, 0.6) is 5.75 Å². The number of hydrogen-bond donors (Lipinski definition) is 2. The van der Waals surface area contributed by atoms with E-state index in [1.807, 2.05) is 31.2 Å². The molecule has 1 unspecified atom stereocenters. The van der Waals surface area contributed by atoms with Gasteiger partial charge in [-0.3, -0.25) is 14.4 Å². The molecule has 1 aliphatic rings. The molecule has 168 valence electrons. The molecule has 3 aromatic carbocycles. The second kappa shape index (κ2) is 9.56. The van der Waals surface area contributed by atoms with E-state index in [9.17, 15) is 14.4 Å². The highest BCUT2D eigenvalue weighted by molar-refractivity contribution is 6.11. The molecule has 0 saturated carbocycles. The van der Waals surface area contributed by atoms with Crippen LogP contribution in [-0.4, -0.2) is 31.4 Å². The van der Waals surface area contributed by atoms with Crippen LogP contribution in [-0.2, 0) is 9.59 Å². The van der Waals surface area contributed by atoms with Crippen molar-refractivity contribution in [1.29, 1.82) is 0 Å². The van der Waals surface area contributed by atoms with Crippen molar-refractivity contribution in [2.45, 2.75) is 13.3 Å². The Labute approximate surface area is 192 Å². The maximum absolute atomic E-state index is 13.0. The molecule has 4 rings (SSSR count). The SMILES string of the molecule is COc1ccc(NC(=O)c2ccccc2NC(=O)C2CC(=O)N(c3ccc(C)cc3)C2)cc1. The molecule has 1 aliphatic heterocycles. The van der Waals surface area contributed by atoms with Gasteiger partial charge >= 0.3 is 0 Å². The van der Waals surface area contributed by atoms with Crippen LogP contribution >= 0.6 is 0 Å². The first kappa shape index (κ1) is 22.1. The number of methoxy groups -OCH3 is 1. The normalized spacial score (nSPS) is 15.3. The first-order valence-electron chi connectivity index (χ1n) is 10.7. The van der Waals surface area contributed by atoms with E-state index in [4.69, 9.17) is 4.74 Å². The van der Waals surface area contributed by atoms with Crippen LogP contribution in [0.2, 0.25) is 0 Å². The second-order valence-corrected chi connectivity index (χ2v) is 7.96. The lowest BCUT2D eigenvalue weighted by Gasteiger charge is -2.17. The number of benzene rings is 3. The van der Waals surface area contributed by atoms with E-state index in [0.717, 1.165) is 11.3 Å². The van der Waals surface area contributed by atoms with Gasteiger partial charge in [0.2, 0.25) is 11.8 Å². The Morgan fingerprint density at radius 1 is 0.939 bits per heavy atom. The lowest BCUT2D eigenvalue weighted by atomic mass is 10.1. The molecule has 3 amide bonds. The number of rotatable bonds is 6. The van der Waals surface area contributed by atoms with Gasteiger partial charge in [-0.15, -0.1) is 0 Å². The molecule has 7 nitrogen and oxygen atoms in total. The summed E-state index contributed by atoms with van der Waals surface area (Å²) < 4.78 is 5.13. The van der Waals surface area contributed by atoms with Gasteiger partial charge in [0.25, 0.3) is 5.91 Å². The Morgan fingerprint density at radius 2 is 1.64 bits per heavy atom. The molecule has 0 spiro atoms. The third-order valence-corrected chi connectivity index (χ3v) is 5.62. The highest BCUT2D eigenvalue weighted by Gasteiger charge is 2.35.